The number of nitrogens with zero attached hydrogens (tertiary/aromatic N) is 2. The number of rotatable bonds is 3. The molecule has 0 radical (unpaired) electrons. The standard InChI is InChI=1S/C9H12N2O/c1-2-9(12)7-11-5-3-4-8(11)6-10/h3-5,9,12H,2,7H2,1H3/t9-/m0/s1. The van der Waals surface area contributed by atoms with E-state index in [1.807, 2.05) is 6.92 Å². The van der Waals surface area contributed by atoms with Crippen LogP contribution >= 0.6 is 0 Å². The van der Waals surface area contributed by atoms with Crippen LogP contribution in [0.2, 0.25) is 0 Å². The normalized spacial score (nSPS) is 12.4. The zero-order chi connectivity index (χ0) is 8.97. The smallest absolute Gasteiger partial charge is 0.120 e. The SMILES string of the molecule is CC[C@H](O)Cn1cccc1C#N. The van der Waals surface area contributed by atoms with E-state index in [-0.39, 0.29) is 6.10 Å². The number of hydrogen-bond acceptors (Lipinski definition) is 2. The summed E-state index contributed by atoms with van der Waals surface area (Å²) in [6.45, 7) is 2.42. The molecule has 1 aromatic rings. The number of aromatic nitrogens is 1. The molecule has 0 saturated heterocycles. The Hall–Kier alpha value is -1.27. The topological polar surface area (TPSA) is 49.0 Å². The molecule has 3 nitrogen and oxygen atoms in total. The number of aliphatic hydroxyl groups is 1. The lowest BCUT2D eigenvalue weighted by molar-refractivity contribution is 0.150. The largest absolute Gasteiger partial charge is 0.391 e. The lowest BCUT2D eigenvalue weighted by Gasteiger charge is -2.09. The van der Waals surface area contributed by atoms with E-state index in [9.17, 15) is 5.11 Å². The predicted octanol–water partition coefficient (Wildman–Crippen LogP) is 1.13. The third-order valence-electron chi connectivity index (χ3n) is 1.82. The molecule has 0 unspecified atom stereocenters. The van der Waals surface area contributed by atoms with Crippen LogP contribution in [0, 0.1) is 11.3 Å². The summed E-state index contributed by atoms with van der Waals surface area (Å²) >= 11 is 0. The van der Waals surface area contributed by atoms with Crippen molar-refractivity contribution in [3.05, 3.63) is 24.0 Å². The Kier molecular flexibility index (Phi) is 2.89. The summed E-state index contributed by atoms with van der Waals surface area (Å²) in [5.74, 6) is 0. The molecule has 12 heavy (non-hydrogen) atoms. The third kappa shape index (κ3) is 1.86. The van der Waals surface area contributed by atoms with Gasteiger partial charge in [0.15, 0.2) is 0 Å². The highest BCUT2D eigenvalue weighted by atomic mass is 16.3. The molecule has 0 aliphatic heterocycles. The summed E-state index contributed by atoms with van der Waals surface area (Å²) in [7, 11) is 0. The molecule has 0 amide bonds. The summed E-state index contributed by atoms with van der Waals surface area (Å²) in [5, 5.41) is 18.0. The Morgan fingerprint density at radius 2 is 2.50 bits per heavy atom. The van der Waals surface area contributed by atoms with E-state index in [1.165, 1.54) is 0 Å². The predicted molar refractivity (Wildman–Crippen MR) is 45.4 cm³/mol. The number of aliphatic hydroxyl groups excluding tert-OH is 1. The molecule has 0 aliphatic rings. The van der Waals surface area contributed by atoms with Gasteiger partial charge in [-0.1, -0.05) is 6.92 Å². The Bertz CT molecular complexity index is 285. The molecule has 1 rings (SSSR count). The zero-order valence-electron chi connectivity index (χ0n) is 7.07. The van der Waals surface area contributed by atoms with Crippen LogP contribution in [0.4, 0.5) is 0 Å². The van der Waals surface area contributed by atoms with Crippen LogP contribution in [0.5, 0.6) is 0 Å². The van der Waals surface area contributed by atoms with Gasteiger partial charge in [-0.2, -0.15) is 5.26 Å². The minimum absolute atomic E-state index is 0.357. The molecule has 1 N–H and O–H groups in total. The van der Waals surface area contributed by atoms with Gasteiger partial charge < -0.3 is 9.67 Å². The second kappa shape index (κ2) is 3.93. The fraction of sp³-hybridized carbons (Fsp3) is 0.444. The molecule has 1 aromatic heterocycles. The van der Waals surface area contributed by atoms with Crippen LogP contribution < -0.4 is 0 Å². The van der Waals surface area contributed by atoms with E-state index < -0.39 is 0 Å². The van der Waals surface area contributed by atoms with Crippen molar-refractivity contribution in [2.45, 2.75) is 26.0 Å². The average molecular weight is 164 g/mol. The fourth-order valence-electron chi connectivity index (χ4n) is 1.03. The van der Waals surface area contributed by atoms with E-state index >= 15 is 0 Å². The van der Waals surface area contributed by atoms with Gasteiger partial charge in [0.1, 0.15) is 11.8 Å². The molecule has 0 spiro atoms. The van der Waals surface area contributed by atoms with Gasteiger partial charge in [-0.3, -0.25) is 0 Å². The molecular weight excluding hydrogens is 152 g/mol. The Balaban J connectivity index is 2.69. The second-order valence-corrected chi connectivity index (χ2v) is 2.72. The average Bonchev–Trinajstić information content (AvgIpc) is 2.51. The molecule has 1 heterocycles. The van der Waals surface area contributed by atoms with Crippen LogP contribution in [0.15, 0.2) is 18.3 Å². The van der Waals surface area contributed by atoms with Gasteiger partial charge in [-0.25, -0.2) is 0 Å². The van der Waals surface area contributed by atoms with Gasteiger partial charge in [0.05, 0.1) is 6.10 Å². The number of nitriles is 1. The first-order chi connectivity index (χ1) is 5.77. The Morgan fingerprint density at radius 3 is 3.08 bits per heavy atom. The molecule has 0 aromatic carbocycles. The molecule has 1 atom stereocenters. The molecule has 3 heteroatoms. The monoisotopic (exact) mass is 164 g/mol. The Labute approximate surface area is 71.9 Å². The minimum atomic E-state index is -0.357. The molecule has 64 valence electrons. The maximum atomic E-state index is 9.32. The highest BCUT2D eigenvalue weighted by Crippen LogP contribution is 2.03. The van der Waals surface area contributed by atoms with Crippen molar-refractivity contribution in [1.82, 2.24) is 4.57 Å². The van der Waals surface area contributed by atoms with E-state index in [2.05, 4.69) is 6.07 Å². The summed E-state index contributed by atoms with van der Waals surface area (Å²) < 4.78 is 1.76. The second-order valence-electron chi connectivity index (χ2n) is 2.72. The van der Waals surface area contributed by atoms with Crippen LogP contribution in [-0.2, 0) is 6.54 Å². The van der Waals surface area contributed by atoms with E-state index in [1.54, 1.807) is 22.9 Å². The molecule has 0 bridgehead atoms. The van der Waals surface area contributed by atoms with Crippen LogP contribution in [0.25, 0.3) is 0 Å². The maximum absolute atomic E-state index is 9.32. The van der Waals surface area contributed by atoms with Crippen molar-refractivity contribution < 1.29 is 5.11 Å². The van der Waals surface area contributed by atoms with Crippen molar-refractivity contribution in [3.63, 3.8) is 0 Å². The molecule has 0 saturated carbocycles. The molecular formula is C9H12N2O. The van der Waals surface area contributed by atoms with Crippen molar-refractivity contribution in [2.75, 3.05) is 0 Å². The van der Waals surface area contributed by atoms with Crippen molar-refractivity contribution in [2.24, 2.45) is 0 Å². The van der Waals surface area contributed by atoms with Crippen LogP contribution in [0.3, 0.4) is 0 Å². The van der Waals surface area contributed by atoms with Gasteiger partial charge in [-0.05, 0) is 18.6 Å². The summed E-state index contributed by atoms with van der Waals surface area (Å²) in [6.07, 6.45) is 2.16. The van der Waals surface area contributed by atoms with Gasteiger partial charge >= 0.3 is 0 Å². The third-order valence-corrected chi connectivity index (χ3v) is 1.82. The number of hydrogen-bond donors (Lipinski definition) is 1. The van der Waals surface area contributed by atoms with E-state index in [4.69, 9.17) is 5.26 Å². The van der Waals surface area contributed by atoms with Crippen LogP contribution in [0.1, 0.15) is 19.0 Å². The quantitative estimate of drug-likeness (QED) is 0.728. The summed E-state index contributed by atoms with van der Waals surface area (Å²) in [4.78, 5) is 0. The minimum Gasteiger partial charge on any atom is -0.391 e. The van der Waals surface area contributed by atoms with Crippen molar-refractivity contribution >= 4 is 0 Å². The van der Waals surface area contributed by atoms with Gasteiger partial charge in [0, 0.05) is 12.7 Å². The summed E-state index contributed by atoms with van der Waals surface area (Å²) in [5.41, 5.74) is 0.600. The lowest BCUT2D eigenvalue weighted by Crippen LogP contribution is -2.14. The first-order valence-corrected chi connectivity index (χ1v) is 4.01. The van der Waals surface area contributed by atoms with E-state index in [0.717, 1.165) is 0 Å². The lowest BCUT2D eigenvalue weighted by atomic mass is 10.3. The van der Waals surface area contributed by atoms with Crippen molar-refractivity contribution in [3.8, 4) is 6.07 Å². The first kappa shape index (κ1) is 8.82. The van der Waals surface area contributed by atoms with E-state index in [0.29, 0.717) is 18.7 Å². The van der Waals surface area contributed by atoms with Gasteiger partial charge in [-0.15, -0.1) is 0 Å². The maximum Gasteiger partial charge on any atom is 0.120 e. The zero-order valence-corrected chi connectivity index (χ0v) is 7.07. The highest BCUT2D eigenvalue weighted by molar-refractivity contribution is 5.21. The van der Waals surface area contributed by atoms with Crippen molar-refractivity contribution in [1.29, 1.82) is 5.26 Å². The molecule has 0 fully saturated rings. The summed E-state index contributed by atoms with van der Waals surface area (Å²) in [6, 6.07) is 5.60. The highest BCUT2D eigenvalue weighted by Gasteiger charge is 2.04. The van der Waals surface area contributed by atoms with Gasteiger partial charge in [0.25, 0.3) is 0 Å². The fourth-order valence-corrected chi connectivity index (χ4v) is 1.03. The van der Waals surface area contributed by atoms with Gasteiger partial charge in [0.2, 0.25) is 0 Å². The first-order valence-electron chi connectivity index (χ1n) is 4.01. The Morgan fingerprint density at radius 1 is 1.75 bits per heavy atom. The molecule has 0 aliphatic carbocycles. The van der Waals surface area contributed by atoms with Crippen LogP contribution in [-0.4, -0.2) is 15.8 Å².